The molecule has 0 aliphatic rings. The zero-order valence-electron chi connectivity index (χ0n) is 11.7. The minimum Gasteiger partial charge on any atom is -0.428 e. The van der Waals surface area contributed by atoms with Gasteiger partial charge in [-0.3, -0.25) is 0 Å². The third-order valence-corrected chi connectivity index (χ3v) is 2.64. The summed E-state index contributed by atoms with van der Waals surface area (Å²) in [5.74, 6) is 0.710. The lowest BCUT2D eigenvalue weighted by Gasteiger charge is -2.16. The average molecular weight is 316 g/mol. The molecule has 0 radical (unpaired) electrons. The van der Waals surface area contributed by atoms with Gasteiger partial charge in [0.2, 0.25) is 0 Å². The van der Waals surface area contributed by atoms with Gasteiger partial charge in [0.1, 0.15) is 5.75 Å². The van der Waals surface area contributed by atoms with Gasteiger partial charge < -0.3 is 4.74 Å². The van der Waals surface area contributed by atoms with Gasteiger partial charge in [-0.25, -0.2) is 4.68 Å². The number of halogens is 4. The molecule has 0 aliphatic carbocycles. The van der Waals surface area contributed by atoms with Gasteiger partial charge in [-0.2, -0.15) is 22.7 Å². The molecule has 0 aliphatic heterocycles. The van der Waals surface area contributed by atoms with Crippen molar-refractivity contribution in [3.63, 3.8) is 0 Å². The van der Waals surface area contributed by atoms with Crippen molar-refractivity contribution in [1.29, 1.82) is 0 Å². The molecule has 118 valence electrons. The van der Waals surface area contributed by atoms with Crippen LogP contribution in [0.5, 0.6) is 5.75 Å². The molecule has 0 fully saturated rings. The molecule has 1 aromatic carbocycles. The van der Waals surface area contributed by atoms with E-state index in [1.807, 2.05) is 0 Å². The van der Waals surface area contributed by atoms with Crippen LogP contribution in [0, 0.1) is 13.8 Å². The van der Waals surface area contributed by atoms with Gasteiger partial charge >= 0.3 is 12.5 Å². The summed E-state index contributed by atoms with van der Waals surface area (Å²) in [6.45, 7) is 3.39. The van der Waals surface area contributed by atoms with Crippen molar-refractivity contribution in [1.82, 2.24) is 14.9 Å². The summed E-state index contributed by atoms with van der Waals surface area (Å²) in [4.78, 5) is 0. The molecule has 1 aromatic heterocycles. The molecule has 0 spiro atoms. The molecule has 0 saturated heterocycles. The first-order valence-electron chi connectivity index (χ1n) is 6.17. The van der Waals surface area contributed by atoms with Crippen LogP contribution in [0.15, 0.2) is 29.4 Å². The van der Waals surface area contributed by atoms with Crippen LogP contribution in [0.1, 0.15) is 17.2 Å². The second-order valence-corrected chi connectivity index (χ2v) is 4.39. The normalized spacial score (nSPS) is 12.3. The summed E-state index contributed by atoms with van der Waals surface area (Å²) in [5, 5.41) is 11.7. The largest absolute Gasteiger partial charge is 0.461 e. The fourth-order valence-electron chi connectivity index (χ4n) is 1.62. The Labute approximate surface area is 123 Å². The van der Waals surface area contributed by atoms with E-state index in [1.165, 1.54) is 23.0 Å². The van der Waals surface area contributed by atoms with E-state index >= 15 is 0 Å². The van der Waals surface area contributed by atoms with Gasteiger partial charge in [-0.1, -0.05) is 12.1 Å². The van der Waals surface area contributed by atoms with Crippen molar-refractivity contribution >= 4 is 6.21 Å². The van der Waals surface area contributed by atoms with Crippen LogP contribution in [0.2, 0.25) is 0 Å². The first-order chi connectivity index (χ1) is 10.3. The van der Waals surface area contributed by atoms with Gasteiger partial charge in [0, 0.05) is 0 Å². The van der Waals surface area contributed by atoms with E-state index in [0.29, 0.717) is 17.2 Å². The quantitative estimate of drug-likeness (QED) is 0.629. The standard InChI is InChI=1S/C13H12F4N4O/c1-8-19-20-9(2)21(8)18-7-10-4-3-5-11(6-10)22-13(16,17)12(14)15/h3-7,12H,1-2H3/b18-7+. The lowest BCUT2D eigenvalue weighted by atomic mass is 10.2. The zero-order chi connectivity index (χ0) is 16.3. The SMILES string of the molecule is Cc1nnc(C)n1/N=C/c1cccc(OC(F)(F)C(F)F)c1. The average Bonchev–Trinajstić information content (AvgIpc) is 2.75. The molecule has 5 nitrogen and oxygen atoms in total. The van der Waals surface area contributed by atoms with Gasteiger partial charge in [0.05, 0.1) is 6.21 Å². The smallest absolute Gasteiger partial charge is 0.428 e. The Morgan fingerprint density at radius 3 is 2.45 bits per heavy atom. The molecule has 0 N–H and O–H groups in total. The minimum absolute atomic E-state index is 0.383. The molecule has 9 heteroatoms. The third-order valence-electron chi connectivity index (χ3n) is 2.64. The minimum atomic E-state index is -4.54. The van der Waals surface area contributed by atoms with Crippen LogP contribution in [0.4, 0.5) is 17.6 Å². The molecule has 2 aromatic rings. The van der Waals surface area contributed by atoms with E-state index in [9.17, 15) is 17.6 Å². The third kappa shape index (κ3) is 3.60. The van der Waals surface area contributed by atoms with Crippen LogP contribution in [-0.2, 0) is 0 Å². The number of hydrogen-bond acceptors (Lipinski definition) is 4. The van der Waals surface area contributed by atoms with Crippen LogP contribution >= 0.6 is 0 Å². The van der Waals surface area contributed by atoms with Crippen LogP contribution in [0.25, 0.3) is 0 Å². The van der Waals surface area contributed by atoms with Gasteiger partial charge in [-0.15, -0.1) is 10.2 Å². The van der Waals surface area contributed by atoms with E-state index in [2.05, 4.69) is 20.0 Å². The van der Waals surface area contributed by atoms with E-state index < -0.39 is 12.5 Å². The second kappa shape index (κ2) is 6.12. The molecule has 22 heavy (non-hydrogen) atoms. The second-order valence-electron chi connectivity index (χ2n) is 4.39. The number of alkyl halides is 4. The number of benzene rings is 1. The number of aromatic nitrogens is 3. The molecule has 0 saturated carbocycles. The van der Waals surface area contributed by atoms with Crippen molar-refractivity contribution in [3.8, 4) is 5.75 Å². The first-order valence-corrected chi connectivity index (χ1v) is 6.17. The van der Waals surface area contributed by atoms with Gasteiger partial charge in [-0.05, 0) is 31.5 Å². The maximum atomic E-state index is 12.9. The van der Waals surface area contributed by atoms with Crippen LogP contribution < -0.4 is 4.74 Å². The highest BCUT2D eigenvalue weighted by Crippen LogP contribution is 2.27. The number of nitrogens with zero attached hydrogens (tertiary/aromatic N) is 4. The summed E-state index contributed by atoms with van der Waals surface area (Å²) in [5.41, 5.74) is 0.398. The highest BCUT2D eigenvalue weighted by atomic mass is 19.3. The topological polar surface area (TPSA) is 52.3 Å². The summed E-state index contributed by atoms with van der Waals surface area (Å²) in [7, 11) is 0. The van der Waals surface area contributed by atoms with Crippen LogP contribution in [0.3, 0.4) is 0 Å². The molecule has 1 heterocycles. The number of hydrogen-bond donors (Lipinski definition) is 0. The molecule has 0 bridgehead atoms. The Bertz CT molecular complexity index is 665. The molecule has 0 atom stereocenters. The number of ether oxygens (including phenoxy) is 1. The molecule has 2 rings (SSSR count). The Morgan fingerprint density at radius 1 is 1.23 bits per heavy atom. The zero-order valence-corrected chi connectivity index (χ0v) is 11.7. The van der Waals surface area contributed by atoms with Crippen molar-refractivity contribution in [2.45, 2.75) is 26.4 Å². The Balaban J connectivity index is 2.19. The molecular weight excluding hydrogens is 304 g/mol. The molecule has 0 amide bonds. The summed E-state index contributed by atoms with van der Waals surface area (Å²) in [6.07, 6.45) is -7.10. The Hall–Kier alpha value is -2.45. The Kier molecular flexibility index (Phi) is 4.43. The van der Waals surface area contributed by atoms with Crippen molar-refractivity contribution in [3.05, 3.63) is 41.5 Å². The summed E-state index contributed by atoms with van der Waals surface area (Å²) in [6, 6.07) is 5.29. The summed E-state index contributed by atoms with van der Waals surface area (Å²) >= 11 is 0. The lowest BCUT2D eigenvalue weighted by Crippen LogP contribution is -2.33. The van der Waals surface area contributed by atoms with Crippen molar-refractivity contribution < 1.29 is 22.3 Å². The highest BCUT2D eigenvalue weighted by Gasteiger charge is 2.43. The maximum Gasteiger partial charge on any atom is 0.461 e. The molecular formula is C13H12F4N4O. The van der Waals surface area contributed by atoms with Crippen molar-refractivity contribution in [2.75, 3.05) is 0 Å². The van der Waals surface area contributed by atoms with E-state index in [1.54, 1.807) is 19.9 Å². The van der Waals surface area contributed by atoms with Crippen LogP contribution in [-0.4, -0.2) is 33.6 Å². The predicted molar refractivity (Wildman–Crippen MR) is 70.5 cm³/mol. The fraction of sp³-hybridized carbons (Fsp3) is 0.308. The summed E-state index contributed by atoms with van der Waals surface area (Å²) < 4.78 is 55.4. The maximum absolute atomic E-state index is 12.9. The predicted octanol–water partition coefficient (Wildman–Crippen LogP) is 3.01. The fourth-order valence-corrected chi connectivity index (χ4v) is 1.62. The van der Waals surface area contributed by atoms with Crippen molar-refractivity contribution in [2.24, 2.45) is 5.10 Å². The highest BCUT2D eigenvalue weighted by molar-refractivity contribution is 5.80. The monoisotopic (exact) mass is 316 g/mol. The van der Waals surface area contributed by atoms with E-state index in [4.69, 9.17) is 0 Å². The van der Waals surface area contributed by atoms with E-state index in [0.717, 1.165) is 6.07 Å². The number of rotatable bonds is 5. The number of aryl methyl sites for hydroxylation is 2. The lowest BCUT2D eigenvalue weighted by molar-refractivity contribution is -0.253. The van der Waals surface area contributed by atoms with Gasteiger partial charge in [0.15, 0.2) is 11.6 Å². The first kappa shape index (κ1) is 15.9. The Morgan fingerprint density at radius 2 is 1.86 bits per heavy atom. The van der Waals surface area contributed by atoms with E-state index in [-0.39, 0.29) is 5.75 Å². The molecule has 0 unspecified atom stereocenters. The van der Waals surface area contributed by atoms with Gasteiger partial charge in [0.25, 0.3) is 0 Å².